The van der Waals surface area contributed by atoms with Gasteiger partial charge >= 0.3 is 0 Å². The van der Waals surface area contributed by atoms with E-state index < -0.39 is 0 Å². The van der Waals surface area contributed by atoms with Gasteiger partial charge in [-0.15, -0.1) is 6.58 Å². The molecule has 1 rings (SSSR count). The SMILES string of the molecule is C=CCCCCCNc1ccc(Br)c(C)c1. The predicted molar refractivity (Wildman–Crippen MR) is 76.0 cm³/mol. The Kier molecular flexibility index (Phi) is 6.24. The zero-order valence-corrected chi connectivity index (χ0v) is 11.5. The number of allylic oxidation sites excluding steroid dienone is 1. The first-order valence-corrected chi connectivity index (χ1v) is 6.64. The van der Waals surface area contributed by atoms with Gasteiger partial charge in [-0.25, -0.2) is 0 Å². The average Bonchev–Trinajstić information content (AvgIpc) is 2.28. The first-order valence-electron chi connectivity index (χ1n) is 5.85. The second-order valence-electron chi connectivity index (χ2n) is 4.03. The van der Waals surface area contributed by atoms with Gasteiger partial charge in [0.25, 0.3) is 0 Å². The second kappa shape index (κ2) is 7.50. The van der Waals surface area contributed by atoms with Crippen molar-refractivity contribution in [2.75, 3.05) is 11.9 Å². The normalized spacial score (nSPS) is 10.1. The molecule has 0 aliphatic heterocycles. The lowest BCUT2D eigenvalue weighted by Crippen LogP contribution is -2.01. The van der Waals surface area contributed by atoms with Crippen LogP contribution in [0.1, 0.15) is 31.2 Å². The minimum absolute atomic E-state index is 1.05. The second-order valence-corrected chi connectivity index (χ2v) is 4.88. The molecule has 1 aromatic carbocycles. The molecule has 0 aliphatic carbocycles. The average molecular weight is 282 g/mol. The molecule has 88 valence electrons. The monoisotopic (exact) mass is 281 g/mol. The molecule has 0 aromatic heterocycles. The molecule has 0 aliphatic rings. The van der Waals surface area contributed by atoms with E-state index in [1.54, 1.807) is 0 Å². The van der Waals surface area contributed by atoms with Crippen LogP contribution >= 0.6 is 15.9 Å². The molecule has 0 atom stereocenters. The largest absolute Gasteiger partial charge is 0.385 e. The molecule has 0 unspecified atom stereocenters. The number of benzene rings is 1. The van der Waals surface area contributed by atoms with Crippen LogP contribution in [0.15, 0.2) is 35.3 Å². The van der Waals surface area contributed by atoms with Gasteiger partial charge in [0.15, 0.2) is 0 Å². The van der Waals surface area contributed by atoms with E-state index in [0.29, 0.717) is 0 Å². The fraction of sp³-hybridized carbons (Fsp3) is 0.429. The van der Waals surface area contributed by atoms with E-state index in [-0.39, 0.29) is 0 Å². The van der Waals surface area contributed by atoms with Crippen LogP contribution < -0.4 is 5.32 Å². The number of halogens is 1. The Balaban J connectivity index is 2.21. The highest BCUT2D eigenvalue weighted by atomic mass is 79.9. The third-order valence-electron chi connectivity index (χ3n) is 2.57. The van der Waals surface area contributed by atoms with Crippen molar-refractivity contribution in [3.63, 3.8) is 0 Å². The van der Waals surface area contributed by atoms with Crippen molar-refractivity contribution in [2.45, 2.75) is 32.6 Å². The van der Waals surface area contributed by atoms with E-state index in [4.69, 9.17) is 0 Å². The molecule has 0 saturated heterocycles. The van der Waals surface area contributed by atoms with Crippen LogP contribution in [-0.2, 0) is 0 Å². The van der Waals surface area contributed by atoms with Crippen molar-refractivity contribution in [3.05, 3.63) is 40.9 Å². The molecule has 1 nitrogen and oxygen atoms in total. The van der Waals surface area contributed by atoms with Gasteiger partial charge in [0, 0.05) is 16.7 Å². The molecule has 16 heavy (non-hydrogen) atoms. The topological polar surface area (TPSA) is 12.0 Å². The summed E-state index contributed by atoms with van der Waals surface area (Å²) in [6.07, 6.45) is 6.88. The summed E-state index contributed by atoms with van der Waals surface area (Å²) in [7, 11) is 0. The molecule has 0 fully saturated rings. The molecule has 0 heterocycles. The Morgan fingerprint density at radius 3 is 2.81 bits per heavy atom. The fourth-order valence-corrected chi connectivity index (χ4v) is 1.82. The lowest BCUT2D eigenvalue weighted by atomic mass is 10.2. The molecular formula is C14H20BrN. The molecule has 0 bridgehead atoms. The van der Waals surface area contributed by atoms with Crippen LogP contribution in [-0.4, -0.2) is 6.54 Å². The lowest BCUT2D eigenvalue weighted by Gasteiger charge is -2.07. The van der Waals surface area contributed by atoms with E-state index in [9.17, 15) is 0 Å². The van der Waals surface area contributed by atoms with E-state index >= 15 is 0 Å². The van der Waals surface area contributed by atoms with Gasteiger partial charge in [-0.2, -0.15) is 0 Å². The van der Waals surface area contributed by atoms with Crippen molar-refractivity contribution in [3.8, 4) is 0 Å². The number of anilines is 1. The summed E-state index contributed by atoms with van der Waals surface area (Å²) in [4.78, 5) is 0. The van der Waals surface area contributed by atoms with Gasteiger partial charge in [0.05, 0.1) is 0 Å². The van der Waals surface area contributed by atoms with Gasteiger partial charge in [-0.3, -0.25) is 0 Å². The summed E-state index contributed by atoms with van der Waals surface area (Å²) in [6, 6.07) is 6.38. The number of hydrogen-bond donors (Lipinski definition) is 1. The van der Waals surface area contributed by atoms with E-state index in [0.717, 1.165) is 13.0 Å². The highest BCUT2D eigenvalue weighted by molar-refractivity contribution is 9.10. The smallest absolute Gasteiger partial charge is 0.0343 e. The quantitative estimate of drug-likeness (QED) is 0.553. The summed E-state index contributed by atoms with van der Waals surface area (Å²) < 4.78 is 1.17. The zero-order valence-electron chi connectivity index (χ0n) is 9.93. The van der Waals surface area contributed by atoms with E-state index in [1.807, 2.05) is 6.08 Å². The van der Waals surface area contributed by atoms with Crippen molar-refractivity contribution < 1.29 is 0 Å². The molecule has 0 radical (unpaired) electrons. The summed E-state index contributed by atoms with van der Waals surface area (Å²) >= 11 is 3.50. The van der Waals surface area contributed by atoms with Crippen molar-refractivity contribution in [1.82, 2.24) is 0 Å². The van der Waals surface area contributed by atoms with Gasteiger partial charge in [0.1, 0.15) is 0 Å². The molecular weight excluding hydrogens is 262 g/mol. The Morgan fingerprint density at radius 1 is 1.31 bits per heavy atom. The van der Waals surface area contributed by atoms with Gasteiger partial charge in [0.2, 0.25) is 0 Å². The predicted octanol–water partition coefficient (Wildman–Crippen LogP) is 4.92. The van der Waals surface area contributed by atoms with Gasteiger partial charge in [-0.05, 0) is 49.9 Å². The highest BCUT2D eigenvalue weighted by Gasteiger charge is 1.96. The molecule has 1 aromatic rings. The highest BCUT2D eigenvalue weighted by Crippen LogP contribution is 2.19. The molecule has 0 spiro atoms. The van der Waals surface area contributed by atoms with E-state index in [2.05, 4.69) is 52.9 Å². The van der Waals surface area contributed by atoms with Crippen molar-refractivity contribution in [1.29, 1.82) is 0 Å². The Labute approximate surface area is 107 Å². The van der Waals surface area contributed by atoms with Crippen LogP contribution in [0, 0.1) is 6.92 Å². The molecule has 1 N–H and O–H groups in total. The molecule has 0 saturated carbocycles. The maximum atomic E-state index is 3.72. The molecule has 0 amide bonds. The first-order chi connectivity index (χ1) is 7.74. The van der Waals surface area contributed by atoms with Crippen LogP contribution in [0.25, 0.3) is 0 Å². The Morgan fingerprint density at radius 2 is 2.12 bits per heavy atom. The number of hydrogen-bond acceptors (Lipinski definition) is 1. The van der Waals surface area contributed by atoms with Crippen LogP contribution in [0.5, 0.6) is 0 Å². The first kappa shape index (κ1) is 13.3. The Bertz CT molecular complexity index is 334. The maximum Gasteiger partial charge on any atom is 0.0343 e. The number of aryl methyl sites for hydroxylation is 1. The summed E-state index contributed by atoms with van der Waals surface area (Å²) in [6.45, 7) is 6.89. The van der Waals surface area contributed by atoms with Crippen LogP contribution in [0.4, 0.5) is 5.69 Å². The fourth-order valence-electron chi connectivity index (χ4n) is 1.58. The summed E-state index contributed by atoms with van der Waals surface area (Å²) in [5.74, 6) is 0. The summed E-state index contributed by atoms with van der Waals surface area (Å²) in [5, 5.41) is 3.44. The number of nitrogens with one attached hydrogen (secondary N) is 1. The molecule has 2 heteroatoms. The number of rotatable bonds is 7. The zero-order chi connectivity index (χ0) is 11.8. The van der Waals surface area contributed by atoms with Crippen LogP contribution in [0.2, 0.25) is 0 Å². The van der Waals surface area contributed by atoms with Crippen molar-refractivity contribution >= 4 is 21.6 Å². The van der Waals surface area contributed by atoms with Crippen molar-refractivity contribution in [2.24, 2.45) is 0 Å². The van der Waals surface area contributed by atoms with E-state index in [1.165, 1.54) is 35.0 Å². The van der Waals surface area contributed by atoms with Crippen LogP contribution in [0.3, 0.4) is 0 Å². The van der Waals surface area contributed by atoms with Gasteiger partial charge < -0.3 is 5.32 Å². The maximum absolute atomic E-state index is 3.72. The number of unbranched alkanes of at least 4 members (excludes halogenated alkanes) is 3. The minimum Gasteiger partial charge on any atom is -0.385 e. The van der Waals surface area contributed by atoms with Gasteiger partial charge in [-0.1, -0.05) is 28.4 Å². The standard InChI is InChI=1S/C14H20BrN/c1-3-4-5-6-7-10-16-13-8-9-14(15)12(2)11-13/h3,8-9,11,16H,1,4-7,10H2,2H3. The summed E-state index contributed by atoms with van der Waals surface area (Å²) in [5.41, 5.74) is 2.49. The Hall–Kier alpha value is -0.760. The lowest BCUT2D eigenvalue weighted by molar-refractivity contribution is 0.709. The third-order valence-corrected chi connectivity index (χ3v) is 3.46. The minimum atomic E-state index is 1.05. The third kappa shape index (κ3) is 4.84.